The Bertz CT molecular complexity index is 1180. The van der Waals surface area contributed by atoms with Gasteiger partial charge < -0.3 is 9.64 Å². The van der Waals surface area contributed by atoms with E-state index < -0.39 is 5.60 Å². The summed E-state index contributed by atoms with van der Waals surface area (Å²) in [5.41, 5.74) is 7.48. The number of nitrogens with zero attached hydrogens (tertiary/aromatic N) is 1. The first-order valence-corrected chi connectivity index (χ1v) is 12.9. The van der Waals surface area contributed by atoms with Crippen LogP contribution in [0.4, 0.5) is 0 Å². The zero-order valence-electron chi connectivity index (χ0n) is 20.4. The minimum Gasteiger partial charge on any atom is -0.450 e. The van der Waals surface area contributed by atoms with Gasteiger partial charge in [-0.2, -0.15) is 0 Å². The highest BCUT2D eigenvalue weighted by Crippen LogP contribution is 2.47. The molecule has 0 aromatic heterocycles. The summed E-state index contributed by atoms with van der Waals surface area (Å²) in [7, 11) is 0. The maximum atomic E-state index is 12.5. The number of ether oxygens (including phenoxy) is 1. The molecule has 0 N–H and O–H groups in total. The summed E-state index contributed by atoms with van der Waals surface area (Å²) < 4.78 is 6.05. The van der Waals surface area contributed by atoms with Gasteiger partial charge in [0.2, 0.25) is 0 Å². The average molecular weight is 488 g/mol. The van der Waals surface area contributed by atoms with Gasteiger partial charge in [0.25, 0.3) is 0 Å². The predicted octanol–water partition coefficient (Wildman–Crippen LogP) is 6.53. The van der Waals surface area contributed by atoms with Crippen LogP contribution in [0.2, 0.25) is 0 Å². The molecule has 3 aliphatic rings. The minimum absolute atomic E-state index is 0. The highest BCUT2D eigenvalue weighted by molar-refractivity contribution is 5.94. The van der Waals surface area contributed by atoms with E-state index in [1.807, 2.05) is 18.2 Å². The molecule has 2 heterocycles. The van der Waals surface area contributed by atoms with Gasteiger partial charge in [-0.05, 0) is 60.5 Å². The van der Waals surface area contributed by atoms with E-state index in [0.29, 0.717) is 5.92 Å². The second kappa shape index (κ2) is 9.79. The predicted molar refractivity (Wildman–Crippen MR) is 142 cm³/mol. The van der Waals surface area contributed by atoms with Gasteiger partial charge in [0, 0.05) is 36.9 Å². The quantitative estimate of drug-likeness (QED) is 0.392. The number of hydrogen-bond acceptors (Lipinski definition) is 3. The fraction of sp³-hybridized carbons (Fsp3) is 0.387. The number of carbonyl (C=O) groups excluding carboxylic acids is 1. The topological polar surface area (TPSA) is 29.5 Å². The summed E-state index contributed by atoms with van der Waals surface area (Å²) in [6.45, 7) is 5.29. The summed E-state index contributed by atoms with van der Waals surface area (Å²) in [5.74, 6) is 0.612. The molecule has 35 heavy (non-hydrogen) atoms. The van der Waals surface area contributed by atoms with Crippen molar-refractivity contribution in [2.24, 2.45) is 5.92 Å². The van der Waals surface area contributed by atoms with E-state index in [0.717, 1.165) is 50.0 Å². The van der Waals surface area contributed by atoms with Crippen molar-refractivity contribution in [3.63, 3.8) is 0 Å². The highest BCUT2D eigenvalue weighted by Gasteiger charge is 2.51. The van der Waals surface area contributed by atoms with Crippen molar-refractivity contribution < 1.29 is 9.53 Å². The van der Waals surface area contributed by atoms with Crippen LogP contribution in [0.25, 0.3) is 0 Å². The molecular weight excluding hydrogens is 454 g/mol. The molecule has 0 radical (unpaired) electrons. The van der Waals surface area contributed by atoms with Crippen molar-refractivity contribution in [1.82, 2.24) is 4.90 Å². The number of fused-ring (bicyclic) bond motifs is 4. The van der Waals surface area contributed by atoms with Gasteiger partial charge in [-0.3, -0.25) is 0 Å². The van der Waals surface area contributed by atoms with Gasteiger partial charge in [-0.1, -0.05) is 73.7 Å². The third kappa shape index (κ3) is 4.19. The van der Waals surface area contributed by atoms with E-state index in [2.05, 4.69) is 66.4 Å². The van der Waals surface area contributed by atoms with Gasteiger partial charge in [0.15, 0.2) is 0 Å². The molecule has 3 aromatic rings. The van der Waals surface area contributed by atoms with E-state index in [9.17, 15) is 4.79 Å². The number of aryl methyl sites for hydroxylation is 2. The highest BCUT2D eigenvalue weighted by atomic mass is 35.5. The Kier molecular flexibility index (Phi) is 6.74. The largest absolute Gasteiger partial charge is 0.450 e. The fourth-order valence-electron chi connectivity index (χ4n) is 6.73. The molecule has 2 atom stereocenters. The molecule has 1 spiro atoms. The van der Waals surface area contributed by atoms with Crippen LogP contribution in [-0.2, 0) is 23.2 Å². The lowest BCUT2D eigenvalue weighted by Crippen LogP contribution is -2.49. The molecule has 2 unspecified atom stereocenters. The van der Waals surface area contributed by atoms with Crippen molar-refractivity contribution in [2.45, 2.75) is 50.5 Å². The lowest BCUT2D eigenvalue weighted by atomic mass is 9.76. The zero-order chi connectivity index (χ0) is 23.1. The molecular formula is C31H34ClNO2. The zero-order valence-corrected chi connectivity index (χ0v) is 21.2. The van der Waals surface area contributed by atoms with E-state index in [4.69, 9.17) is 4.74 Å². The molecule has 4 heteroatoms. The molecule has 182 valence electrons. The summed E-state index contributed by atoms with van der Waals surface area (Å²) >= 11 is 0. The van der Waals surface area contributed by atoms with Crippen LogP contribution in [0.15, 0.2) is 72.8 Å². The Labute approximate surface area is 214 Å². The molecule has 1 saturated heterocycles. The van der Waals surface area contributed by atoms with Crippen molar-refractivity contribution >= 4 is 18.4 Å². The first kappa shape index (κ1) is 24.1. The average Bonchev–Trinajstić information content (AvgIpc) is 3.05. The number of likely N-dealkylation sites (tertiary alicyclic amines) is 1. The fourth-order valence-corrected chi connectivity index (χ4v) is 6.73. The van der Waals surface area contributed by atoms with Gasteiger partial charge in [0.05, 0.1) is 5.56 Å². The Hall–Kier alpha value is -2.62. The first-order valence-electron chi connectivity index (χ1n) is 12.9. The van der Waals surface area contributed by atoms with Crippen LogP contribution >= 0.6 is 12.4 Å². The summed E-state index contributed by atoms with van der Waals surface area (Å²) in [6, 6.07) is 26.1. The van der Waals surface area contributed by atoms with Crippen molar-refractivity contribution in [3.8, 4) is 0 Å². The molecule has 3 nitrogen and oxygen atoms in total. The van der Waals surface area contributed by atoms with Gasteiger partial charge >= 0.3 is 5.97 Å². The van der Waals surface area contributed by atoms with E-state index in [-0.39, 0.29) is 24.3 Å². The molecule has 0 amide bonds. The Morgan fingerprint density at radius 2 is 1.54 bits per heavy atom. The van der Waals surface area contributed by atoms with Crippen LogP contribution in [0.3, 0.4) is 0 Å². The van der Waals surface area contributed by atoms with Gasteiger partial charge in [-0.25, -0.2) is 4.79 Å². The van der Waals surface area contributed by atoms with Crippen LogP contribution in [0.5, 0.6) is 0 Å². The number of rotatable bonds is 4. The van der Waals surface area contributed by atoms with Crippen molar-refractivity contribution in [3.05, 3.63) is 106 Å². The minimum atomic E-state index is -0.441. The number of halogens is 1. The molecule has 1 aliphatic carbocycles. The number of benzene rings is 3. The molecule has 0 saturated carbocycles. The standard InChI is InChI=1S/C31H33NO2.ClH/c1-22-21-32(20-18-31(22)29-15-7-6-13-28(29)30(33)34-31)19-8-14-27-25-11-4-2-9-23(25)16-17-24-10-3-5-12-26(24)27;/h2-7,9-13,15,22,27H,8,14,16-21H2,1H3;1H. The van der Waals surface area contributed by atoms with Gasteiger partial charge in [-0.15, -0.1) is 12.4 Å². The lowest BCUT2D eigenvalue weighted by molar-refractivity contribution is -0.0771. The maximum Gasteiger partial charge on any atom is 0.339 e. The van der Waals surface area contributed by atoms with Crippen molar-refractivity contribution in [2.75, 3.05) is 19.6 Å². The van der Waals surface area contributed by atoms with E-state index in [1.54, 1.807) is 0 Å². The summed E-state index contributed by atoms with van der Waals surface area (Å²) in [4.78, 5) is 15.1. The SMILES string of the molecule is CC1CN(CCCC2c3ccccc3CCc3ccccc32)CCC12OC(=O)c1ccccc12.Cl. The van der Waals surface area contributed by atoms with Crippen LogP contribution in [0.1, 0.15) is 70.3 Å². The Morgan fingerprint density at radius 3 is 2.23 bits per heavy atom. The molecule has 6 rings (SSSR count). The first-order chi connectivity index (χ1) is 16.7. The smallest absolute Gasteiger partial charge is 0.339 e. The maximum absolute atomic E-state index is 12.5. The third-order valence-corrected chi connectivity index (χ3v) is 8.50. The number of carbonyl (C=O) groups is 1. The second-order valence-electron chi connectivity index (χ2n) is 10.4. The Morgan fingerprint density at radius 1 is 0.914 bits per heavy atom. The molecule has 2 aliphatic heterocycles. The number of piperidine rings is 1. The van der Waals surface area contributed by atoms with Crippen molar-refractivity contribution in [1.29, 1.82) is 0 Å². The third-order valence-electron chi connectivity index (χ3n) is 8.50. The summed E-state index contributed by atoms with van der Waals surface area (Å²) in [5, 5.41) is 0. The molecule has 3 aromatic carbocycles. The van der Waals surface area contributed by atoms with Crippen LogP contribution < -0.4 is 0 Å². The lowest BCUT2D eigenvalue weighted by Gasteiger charge is -2.43. The molecule has 1 fully saturated rings. The molecule has 0 bridgehead atoms. The normalized spacial score (nSPS) is 23.6. The number of esters is 1. The van der Waals surface area contributed by atoms with E-state index in [1.165, 1.54) is 35.1 Å². The van der Waals surface area contributed by atoms with E-state index >= 15 is 0 Å². The van der Waals surface area contributed by atoms with Crippen LogP contribution in [-0.4, -0.2) is 30.5 Å². The number of hydrogen-bond donors (Lipinski definition) is 0. The van der Waals surface area contributed by atoms with Gasteiger partial charge in [0.1, 0.15) is 5.60 Å². The summed E-state index contributed by atoms with van der Waals surface area (Å²) in [6.07, 6.45) is 5.49. The Balaban J connectivity index is 0.00000253. The van der Waals surface area contributed by atoms with Crippen LogP contribution in [0, 0.1) is 5.92 Å². The monoisotopic (exact) mass is 487 g/mol. The second-order valence-corrected chi connectivity index (χ2v) is 10.4.